The second kappa shape index (κ2) is 6.08. The lowest BCUT2D eigenvalue weighted by molar-refractivity contribution is -0.136. The number of carbonyl (C=O) groups excluding carboxylic acids is 1. The van der Waals surface area contributed by atoms with Crippen molar-refractivity contribution >= 4 is 17.2 Å². The molecule has 108 valence electrons. The Morgan fingerprint density at radius 1 is 1.30 bits per heavy atom. The molecule has 1 saturated heterocycles. The molecule has 1 fully saturated rings. The third-order valence-electron chi connectivity index (χ3n) is 4.41. The van der Waals surface area contributed by atoms with Gasteiger partial charge in [-0.05, 0) is 39.0 Å². The van der Waals surface area contributed by atoms with Crippen LogP contribution in [0, 0.1) is 12.8 Å². The summed E-state index contributed by atoms with van der Waals surface area (Å²) >= 11 is 1.77. The van der Waals surface area contributed by atoms with Gasteiger partial charge in [-0.3, -0.25) is 4.79 Å². The second-order valence-electron chi connectivity index (χ2n) is 5.91. The number of allylic oxidation sites excluding steroid dienone is 2. The predicted molar refractivity (Wildman–Crippen MR) is 81.9 cm³/mol. The molecule has 1 atom stereocenters. The van der Waals surface area contributed by atoms with Crippen LogP contribution in [0.5, 0.6) is 0 Å². The zero-order chi connectivity index (χ0) is 13.9. The van der Waals surface area contributed by atoms with E-state index in [2.05, 4.69) is 34.3 Å². The molecule has 0 N–H and O–H groups in total. The first-order valence-electron chi connectivity index (χ1n) is 7.60. The molecule has 1 aliphatic carbocycles. The minimum absolute atomic E-state index is 0.235. The van der Waals surface area contributed by atoms with Crippen molar-refractivity contribution in [1.29, 1.82) is 0 Å². The molecule has 0 spiro atoms. The summed E-state index contributed by atoms with van der Waals surface area (Å²) in [5, 5.41) is 3.39. The number of hydrogen-bond acceptors (Lipinski definition) is 3. The van der Waals surface area contributed by atoms with Gasteiger partial charge in [0.15, 0.2) is 0 Å². The standard InChI is InChI=1S/C16H22N2OS/c1-12-11-20-15(17-12)13-7-9-18(10-8-13)16(19)14-5-3-2-4-6-14/h2-3,11,13-14H,4-10H2,1H3. The fourth-order valence-corrected chi connectivity index (χ4v) is 4.15. The van der Waals surface area contributed by atoms with Crippen LogP contribution in [0.15, 0.2) is 17.5 Å². The highest BCUT2D eigenvalue weighted by molar-refractivity contribution is 7.09. The maximum absolute atomic E-state index is 12.5. The van der Waals surface area contributed by atoms with Crippen molar-refractivity contribution in [2.24, 2.45) is 5.92 Å². The fraction of sp³-hybridized carbons (Fsp3) is 0.625. The molecular weight excluding hydrogens is 268 g/mol. The van der Waals surface area contributed by atoms with Gasteiger partial charge in [-0.25, -0.2) is 4.98 Å². The van der Waals surface area contributed by atoms with Crippen molar-refractivity contribution in [3.8, 4) is 0 Å². The lowest BCUT2D eigenvalue weighted by Gasteiger charge is -2.34. The number of thiazole rings is 1. The number of piperidine rings is 1. The van der Waals surface area contributed by atoms with Crippen LogP contribution in [0.3, 0.4) is 0 Å². The summed E-state index contributed by atoms with van der Waals surface area (Å²) < 4.78 is 0. The Kier molecular flexibility index (Phi) is 4.20. The highest BCUT2D eigenvalue weighted by atomic mass is 32.1. The number of amides is 1. The quantitative estimate of drug-likeness (QED) is 0.781. The summed E-state index contributed by atoms with van der Waals surface area (Å²) in [6.07, 6.45) is 9.52. The van der Waals surface area contributed by atoms with E-state index in [0.29, 0.717) is 11.8 Å². The lowest BCUT2D eigenvalue weighted by Crippen LogP contribution is -2.41. The van der Waals surface area contributed by atoms with Gasteiger partial charge in [0.25, 0.3) is 0 Å². The molecular formula is C16H22N2OS. The van der Waals surface area contributed by atoms with Gasteiger partial charge in [-0.1, -0.05) is 12.2 Å². The first kappa shape index (κ1) is 13.8. The molecule has 3 nitrogen and oxygen atoms in total. The van der Waals surface area contributed by atoms with Crippen molar-refractivity contribution in [3.05, 3.63) is 28.2 Å². The summed E-state index contributed by atoms with van der Waals surface area (Å²) in [7, 11) is 0. The minimum atomic E-state index is 0.235. The second-order valence-corrected chi connectivity index (χ2v) is 6.80. The Morgan fingerprint density at radius 2 is 2.10 bits per heavy atom. The first-order valence-corrected chi connectivity index (χ1v) is 8.48. The van der Waals surface area contributed by atoms with E-state index in [4.69, 9.17) is 0 Å². The Hall–Kier alpha value is -1.16. The van der Waals surface area contributed by atoms with E-state index >= 15 is 0 Å². The summed E-state index contributed by atoms with van der Waals surface area (Å²) in [6, 6.07) is 0. The van der Waals surface area contributed by atoms with Gasteiger partial charge in [-0.15, -0.1) is 11.3 Å². The summed E-state index contributed by atoms with van der Waals surface area (Å²) in [6.45, 7) is 3.86. The molecule has 2 heterocycles. The van der Waals surface area contributed by atoms with E-state index < -0.39 is 0 Å². The monoisotopic (exact) mass is 290 g/mol. The summed E-state index contributed by atoms with van der Waals surface area (Å²) in [5.74, 6) is 1.17. The van der Waals surface area contributed by atoms with Crippen LogP contribution >= 0.6 is 11.3 Å². The number of hydrogen-bond donors (Lipinski definition) is 0. The van der Waals surface area contributed by atoms with Crippen LogP contribution in [0.25, 0.3) is 0 Å². The van der Waals surface area contributed by atoms with Crippen LogP contribution in [0.1, 0.15) is 48.7 Å². The number of carbonyl (C=O) groups is 1. The minimum Gasteiger partial charge on any atom is -0.342 e. The lowest BCUT2D eigenvalue weighted by atomic mass is 9.91. The number of likely N-dealkylation sites (tertiary alicyclic amines) is 1. The van der Waals surface area contributed by atoms with Gasteiger partial charge in [0.2, 0.25) is 5.91 Å². The molecule has 0 saturated carbocycles. The van der Waals surface area contributed by atoms with Gasteiger partial charge in [0.1, 0.15) is 0 Å². The van der Waals surface area contributed by atoms with E-state index in [0.717, 1.165) is 50.9 Å². The van der Waals surface area contributed by atoms with Gasteiger partial charge >= 0.3 is 0 Å². The van der Waals surface area contributed by atoms with Crippen molar-refractivity contribution in [1.82, 2.24) is 9.88 Å². The molecule has 1 aliphatic heterocycles. The number of aryl methyl sites for hydroxylation is 1. The van der Waals surface area contributed by atoms with Crippen molar-refractivity contribution < 1.29 is 4.79 Å². The molecule has 4 heteroatoms. The van der Waals surface area contributed by atoms with Crippen molar-refractivity contribution in [2.45, 2.75) is 44.9 Å². The van der Waals surface area contributed by atoms with Gasteiger partial charge < -0.3 is 4.90 Å². The normalized spacial score (nSPS) is 24.1. The number of rotatable bonds is 2. The molecule has 0 bridgehead atoms. The molecule has 0 radical (unpaired) electrons. The third kappa shape index (κ3) is 2.95. The molecule has 1 amide bonds. The number of aromatic nitrogens is 1. The molecule has 0 aromatic carbocycles. The topological polar surface area (TPSA) is 33.2 Å². The van der Waals surface area contributed by atoms with Crippen LogP contribution in [-0.4, -0.2) is 28.9 Å². The van der Waals surface area contributed by atoms with Crippen LogP contribution in [0.2, 0.25) is 0 Å². The third-order valence-corrected chi connectivity index (χ3v) is 5.54. The molecule has 3 rings (SSSR count). The highest BCUT2D eigenvalue weighted by Crippen LogP contribution is 2.31. The maximum Gasteiger partial charge on any atom is 0.226 e. The largest absolute Gasteiger partial charge is 0.342 e. The molecule has 20 heavy (non-hydrogen) atoms. The zero-order valence-electron chi connectivity index (χ0n) is 12.0. The average molecular weight is 290 g/mol. The van der Waals surface area contributed by atoms with E-state index in [-0.39, 0.29) is 5.92 Å². The Labute approximate surface area is 124 Å². The molecule has 1 unspecified atom stereocenters. The maximum atomic E-state index is 12.5. The van der Waals surface area contributed by atoms with E-state index in [1.807, 2.05) is 0 Å². The van der Waals surface area contributed by atoms with Crippen LogP contribution in [0.4, 0.5) is 0 Å². The predicted octanol–water partition coefficient (Wildman–Crippen LogP) is 3.51. The molecule has 2 aliphatic rings. The van der Waals surface area contributed by atoms with E-state index in [1.165, 1.54) is 5.01 Å². The van der Waals surface area contributed by atoms with Crippen LogP contribution < -0.4 is 0 Å². The SMILES string of the molecule is Cc1csc(C2CCN(C(=O)C3CC=CCC3)CC2)n1. The van der Waals surface area contributed by atoms with Crippen LogP contribution in [-0.2, 0) is 4.79 Å². The average Bonchev–Trinajstić information content (AvgIpc) is 2.94. The smallest absolute Gasteiger partial charge is 0.226 e. The molecule has 1 aromatic heterocycles. The van der Waals surface area contributed by atoms with Crippen molar-refractivity contribution in [3.63, 3.8) is 0 Å². The fourth-order valence-electron chi connectivity index (χ4n) is 3.18. The Morgan fingerprint density at radius 3 is 2.70 bits per heavy atom. The first-order chi connectivity index (χ1) is 9.74. The van der Waals surface area contributed by atoms with Crippen molar-refractivity contribution in [2.75, 3.05) is 13.1 Å². The summed E-state index contributed by atoms with van der Waals surface area (Å²) in [5.41, 5.74) is 1.12. The zero-order valence-corrected chi connectivity index (χ0v) is 12.9. The Bertz CT molecular complexity index is 500. The van der Waals surface area contributed by atoms with E-state index in [9.17, 15) is 4.79 Å². The van der Waals surface area contributed by atoms with Gasteiger partial charge in [0.05, 0.1) is 5.01 Å². The van der Waals surface area contributed by atoms with Gasteiger partial charge in [-0.2, -0.15) is 0 Å². The molecule has 1 aromatic rings. The number of nitrogens with zero attached hydrogens (tertiary/aromatic N) is 2. The highest BCUT2D eigenvalue weighted by Gasteiger charge is 2.29. The summed E-state index contributed by atoms with van der Waals surface area (Å²) in [4.78, 5) is 19.2. The Balaban J connectivity index is 1.55. The van der Waals surface area contributed by atoms with Gasteiger partial charge in [0, 0.05) is 36.0 Å². The van der Waals surface area contributed by atoms with E-state index in [1.54, 1.807) is 11.3 Å².